The number of methoxy groups -OCH3 is 1. The van der Waals surface area contributed by atoms with E-state index in [2.05, 4.69) is 15.4 Å². The molecule has 1 aromatic rings. The molecule has 0 spiro atoms. The van der Waals surface area contributed by atoms with Crippen molar-refractivity contribution in [3.05, 3.63) is 34.9 Å². The molecular formula is C15H16ClN3O4S. The van der Waals surface area contributed by atoms with Crippen LogP contribution in [-0.4, -0.2) is 54.0 Å². The van der Waals surface area contributed by atoms with Crippen LogP contribution in [0.2, 0.25) is 5.02 Å². The zero-order chi connectivity index (χ0) is 17.7. The van der Waals surface area contributed by atoms with Crippen LogP contribution in [0.4, 0.5) is 0 Å². The van der Waals surface area contributed by atoms with Crippen molar-refractivity contribution in [2.24, 2.45) is 0 Å². The van der Waals surface area contributed by atoms with Crippen molar-refractivity contribution in [3.8, 4) is 0 Å². The van der Waals surface area contributed by atoms with Gasteiger partial charge in [0.25, 0.3) is 5.91 Å². The number of carbonyl (C=O) groups excluding carboxylic acids is 3. The largest absolute Gasteiger partial charge is 0.469 e. The lowest BCUT2D eigenvalue weighted by Crippen LogP contribution is -2.60. The molecule has 0 aliphatic carbocycles. The molecule has 1 aliphatic rings. The number of halogens is 1. The van der Waals surface area contributed by atoms with E-state index in [1.807, 2.05) is 0 Å². The average Bonchev–Trinajstić information content (AvgIpc) is 2.56. The SMILES string of the molecule is COC(=O)C[C@@H]1C(=O)NCCN1C(=S)NC(=O)c1cccc(Cl)c1. The number of carbonyl (C=O) groups is 3. The van der Waals surface area contributed by atoms with E-state index in [9.17, 15) is 14.4 Å². The molecular weight excluding hydrogens is 354 g/mol. The predicted molar refractivity (Wildman–Crippen MR) is 91.7 cm³/mol. The minimum Gasteiger partial charge on any atom is -0.469 e. The molecule has 1 aliphatic heterocycles. The first-order chi connectivity index (χ1) is 11.4. The Hall–Kier alpha value is -2.19. The number of hydrogen-bond donors (Lipinski definition) is 2. The molecule has 9 heteroatoms. The molecule has 2 rings (SSSR count). The molecule has 1 heterocycles. The molecule has 128 valence electrons. The van der Waals surface area contributed by atoms with Gasteiger partial charge >= 0.3 is 5.97 Å². The molecule has 1 atom stereocenters. The normalized spacial score (nSPS) is 17.0. The van der Waals surface area contributed by atoms with Gasteiger partial charge in [0.1, 0.15) is 6.04 Å². The molecule has 0 bridgehead atoms. The Morgan fingerprint density at radius 3 is 2.92 bits per heavy atom. The van der Waals surface area contributed by atoms with Crippen LogP contribution in [0.15, 0.2) is 24.3 Å². The smallest absolute Gasteiger partial charge is 0.308 e. The number of ether oxygens (including phenoxy) is 1. The number of benzene rings is 1. The summed E-state index contributed by atoms with van der Waals surface area (Å²) in [5, 5.41) is 5.72. The Labute approximate surface area is 149 Å². The average molecular weight is 370 g/mol. The summed E-state index contributed by atoms with van der Waals surface area (Å²) in [5.41, 5.74) is 0.343. The molecule has 0 saturated carbocycles. The van der Waals surface area contributed by atoms with E-state index in [0.29, 0.717) is 23.7 Å². The predicted octanol–water partition coefficient (Wildman–Crippen LogP) is 0.718. The van der Waals surface area contributed by atoms with Crippen LogP contribution in [0.5, 0.6) is 0 Å². The highest BCUT2D eigenvalue weighted by molar-refractivity contribution is 7.80. The van der Waals surface area contributed by atoms with Gasteiger partial charge in [0, 0.05) is 23.7 Å². The summed E-state index contributed by atoms with van der Waals surface area (Å²) in [6, 6.07) is 5.58. The van der Waals surface area contributed by atoms with E-state index in [0.717, 1.165) is 0 Å². The summed E-state index contributed by atoms with van der Waals surface area (Å²) in [4.78, 5) is 37.3. The summed E-state index contributed by atoms with van der Waals surface area (Å²) >= 11 is 11.1. The first kappa shape index (κ1) is 18.2. The van der Waals surface area contributed by atoms with E-state index >= 15 is 0 Å². The van der Waals surface area contributed by atoms with Crippen LogP contribution in [-0.2, 0) is 14.3 Å². The van der Waals surface area contributed by atoms with Gasteiger partial charge in [0.05, 0.1) is 13.5 Å². The fourth-order valence-electron chi connectivity index (χ4n) is 2.27. The van der Waals surface area contributed by atoms with Gasteiger partial charge < -0.3 is 15.0 Å². The number of piperazine rings is 1. The Morgan fingerprint density at radius 1 is 1.50 bits per heavy atom. The van der Waals surface area contributed by atoms with Crippen molar-refractivity contribution in [2.45, 2.75) is 12.5 Å². The van der Waals surface area contributed by atoms with Gasteiger partial charge in [-0.1, -0.05) is 17.7 Å². The number of nitrogens with zero attached hydrogens (tertiary/aromatic N) is 1. The van der Waals surface area contributed by atoms with Gasteiger partial charge in [-0.05, 0) is 30.4 Å². The third-order valence-electron chi connectivity index (χ3n) is 3.49. The van der Waals surface area contributed by atoms with Crippen molar-refractivity contribution in [1.82, 2.24) is 15.5 Å². The Kier molecular flexibility index (Phi) is 6.10. The number of nitrogens with one attached hydrogen (secondary N) is 2. The second-order valence-electron chi connectivity index (χ2n) is 5.05. The number of amides is 2. The van der Waals surface area contributed by atoms with E-state index in [1.54, 1.807) is 18.2 Å². The molecule has 0 radical (unpaired) electrons. The zero-order valence-corrected chi connectivity index (χ0v) is 14.4. The Bertz CT molecular complexity index is 682. The standard InChI is InChI=1S/C15H16ClN3O4S/c1-23-12(20)8-11-14(22)17-5-6-19(11)15(24)18-13(21)9-3-2-4-10(16)7-9/h2-4,7,11H,5-6,8H2,1H3,(H,17,22)(H,18,21,24)/t11-/m1/s1. The molecule has 0 aromatic heterocycles. The van der Waals surface area contributed by atoms with Gasteiger partial charge in [0.15, 0.2) is 5.11 Å². The summed E-state index contributed by atoms with van der Waals surface area (Å²) in [7, 11) is 1.24. The molecule has 2 amide bonds. The van der Waals surface area contributed by atoms with E-state index in [-0.39, 0.29) is 17.4 Å². The summed E-state index contributed by atoms with van der Waals surface area (Å²) in [6.07, 6.45) is -0.157. The van der Waals surface area contributed by atoms with Crippen molar-refractivity contribution >= 4 is 46.7 Å². The second-order valence-corrected chi connectivity index (χ2v) is 5.87. The van der Waals surface area contributed by atoms with Crippen molar-refractivity contribution in [1.29, 1.82) is 0 Å². The van der Waals surface area contributed by atoms with Gasteiger partial charge in [-0.25, -0.2) is 0 Å². The van der Waals surface area contributed by atoms with Crippen LogP contribution >= 0.6 is 23.8 Å². The first-order valence-electron chi connectivity index (χ1n) is 7.14. The fraction of sp³-hybridized carbons (Fsp3) is 0.333. The minimum atomic E-state index is -0.821. The third-order valence-corrected chi connectivity index (χ3v) is 4.06. The monoisotopic (exact) mass is 369 g/mol. The molecule has 1 saturated heterocycles. The minimum absolute atomic E-state index is 0.0729. The van der Waals surface area contributed by atoms with Gasteiger partial charge in [-0.3, -0.25) is 19.7 Å². The lowest BCUT2D eigenvalue weighted by Gasteiger charge is -2.36. The summed E-state index contributed by atoms with van der Waals surface area (Å²) in [5.74, 6) is -1.32. The summed E-state index contributed by atoms with van der Waals surface area (Å²) in [6.45, 7) is 0.742. The maximum Gasteiger partial charge on any atom is 0.308 e. The number of hydrogen-bond acceptors (Lipinski definition) is 5. The van der Waals surface area contributed by atoms with Crippen LogP contribution in [0.25, 0.3) is 0 Å². The Balaban J connectivity index is 2.09. The highest BCUT2D eigenvalue weighted by Gasteiger charge is 2.34. The topological polar surface area (TPSA) is 87.7 Å². The Morgan fingerprint density at radius 2 is 2.25 bits per heavy atom. The highest BCUT2D eigenvalue weighted by atomic mass is 35.5. The number of thiocarbonyl (C=S) groups is 1. The molecule has 0 unspecified atom stereocenters. The summed E-state index contributed by atoms with van der Waals surface area (Å²) < 4.78 is 4.60. The third kappa shape index (κ3) is 4.42. The lowest BCUT2D eigenvalue weighted by atomic mass is 10.1. The lowest BCUT2D eigenvalue weighted by molar-refractivity contribution is -0.144. The van der Waals surface area contributed by atoms with E-state index in [1.165, 1.54) is 18.1 Å². The van der Waals surface area contributed by atoms with Crippen molar-refractivity contribution in [3.63, 3.8) is 0 Å². The fourth-order valence-corrected chi connectivity index (χ4v) is 2.77. The van der Waals surface area contributed by atoms with Crippen LogP contribution in [0.1, 0.15) is 16.8 Å². The number of esters is 1. The van der Waals surface area contributed by atoms with Gasteiger partial charge in [-0.2, -0.15) is 0 Å². The maximum absolute atomic E-state index is 12.2. The van der Waals surface area contributed by atoms with Crippen molar-refractivity contribution < 1.29 is 19.1 Å². The second kappa shape index (κ2) is 8.07. The maximum atomic E-state index is 12.2. The van der Waals surface area contributed by atoms with Crippen LogP contribution in [0, 0.1) is 0 Å². The molecule has 1 fully saturated rings. The van der Waals surface area contributed by atoms with Gasteiger partial charge in [0.2, 0.25) is 5.91 Å². The van der Waals surface area contributed by atoms with Crippen LogP contribution < -0.4 is 10.6 Å². The number of rotatable bonds is 3. The molecule has 24 heavy (non-hydrogen) atoms. The van der Waals surface area contributed by atoms with Gasteiger partial charge in [-0.15, -0.1) is 0 Å². The van der Waals surface area contributed by atoms with E-state index < -0.39 is 17.9 Å². The van der Waals surface area contributed by atoms with Crippen molar-refractivity contribution in [2.75, 3.05) is 20.2 Å². The van der Waals surface area contributed by atoms with Crippen LogP contribution in [0.3, 0.4) is 0 Å². The molecule has 1 aromatic carbocycles. The highest BCUT2D eigenvalue weighted by Crippen LogP contribution is 2.13. The zero-order valence-electron chi connectivity index (χ0n) is 12.9. The molecule has 7 nitrogen and oxygen atoms in total. The quantitative estimate of drug-likeness (QED) is 0.603. The first-order valence-corrected chi connectivity index (χ1v) is 7.93. The van der Waals surface area contributed by atoms with E-state index in [4.69, 9.17) is 23.8 Å². The molecule has 2 N–H and O–H groups in total.